The first-order valence-electron chi connectivity index (χ1n) is 4.86. The lowest BCUT2D eigenvalue weighted by molar-refractivity contribution is 0.307. The second kappa shape index (κ2) is 4.66. The van der Waals surface area contributed by atoms with E-state index in [0.717, 1.165) is 18.8 Å². The minimum Gasteiger partial charge on any atom is -0.492 e. The molecular formula is C11H18OS. The molecule has 2 heteroatoms. The molecule has 0 saturated heterocycles. The minimum atomic E-state index is 0.856. The van der Waals surface area contributed by atoms with Gasteiger partial charge in [-0.2, -0.15) is 0 Å². The third kappa shape index (κ3) is 2.47. The second-order valence-corrected chi connectivity index (χ2v) is 4.80. The Balaban J connectivity index is 2.64. The van der Waals surface area contributed by atoms with Crippen molar-refractivity contribution in [1.82, 2.24) is 0 Å². The van der Waals surface area contributed by atoms with Gasteiger partial charge in [0.2, 0.25) is 0 Å². The first-order valence-corrected chi connectivity index (χ1v) is 5.67. The van der Waals surface area contributed by atoms with Crippen molar-refractivity contribution >= 4 is 11.3 Å². The van der Waals surface area contributed by atoms with Gasteiger partial charge in [-0.15, -0.1) is 11.3 Å². The summed E-state index contributed by atoms with van der Waals surface area (Å²) < 4.78 is 5.74. The Morgan fingerprint density at radius 1 is 1.15 bits per heavy atom. The van der Waals surface area contributed by atoms with Crippen LogP contribution in [0.15, 0.2) is 0 Å². The van der Waals surface area contributed by atoms with Crippen molar-refractivity contribution < 1.29 is 4.74 Å². The predicted molar refractivity (Wildman–Crippen MR) is 58.9 cm³/mol. The zero-order chi connectivity index (χ0) is 9.84. The summed E-state index contributed by atoms with van der Waals surface area (Å²) in [5.41, 5.74) is 1.32. The Bertz CT molecular complexity index is 276. The van der Waals surface area contributed by atoms with Crippen molar-refractivity contribution in [2.24, 2.45) is 0 Å². The lowest BCUT2D eigenvalue weighted by atomic mass is 10.2. The van der Waals surface area contributed by atoms with Crippen LogP contribution in [0.2, 0.25) is 0 Å². The van der Waals surface area contributed by atoms with E-state index in [4.69, 9.17) is 4.74 Å². The Morgan fingerprint density at radius 2 is 1.85 bits per heavy atom. The molecular weight excluding hydrogens is 180 g/mol. The summed E-state index contributed by atoms with van der Waals surface area (Å²) in [6.07, 6.45) is 2.34. The van der Waals surface area contributed by atoms with Crippen LogP contribution in [0.4, 0.5) is 0 Å². The average molecular weight is 198 g/mol. The summed E-state index contributed by atoms with van der Waals surface area (Å²) in [4.78, 5) is 2.69. The van der Waals surface area contributed by atoms with Gasteiger partial charge in [0.1, 0.15) is 5.75 Å². The van der Waals surface area contributed by atoms with Crippen molar-refractivity contribution in [3.05, 3.63) is 15.3 Å². The average Bonchev–Trinajstić information content (AvgIpc) is 2.32. The van der Waals surface area contributed by atoms with Crippen molar-refractivity contribution in [2.45, 2.75) is 40.5 Å². The van der Waals surface area contributed by atoms with Gasteiger partial charge in [0.05, 0.1) is 6.61 Å². The Labute approximate surface area is 84.7 Å². The molecule has 74 valence electrons. The highest BCUT2D eigenvalue weighted by Gasteiger charge is 2.09. The molecule has 0 aliphatic heterocycles. The molecule has 0 N–H and O–H groups in total. The number of ether oxygens (including phenoxy) is 1. The van der Waals surface area contributed by atoms with Crippen molar-refractivity contribution in [1.29, 1.82) is 0 Å². The van der Waals surface area contributed by atoms with E-state index < -0.39 is 0 Å². The molecule has 0 atom stereocenters. The van der Waals surface area contributed by atoms with Crippen LogP contribution in [0.3, 0.4) is 0 Å². The first-order chi connectivity index (χ1) is 6.16. The first kappa shape index (κ1) is 10.6. The van der Waals surface area contributed by atoms with Crippen LogP contribution in [-0.4, -0.2) is 6.61 Å². The van der Waals surface area contributed by atoms with Gasteiger partial charge in [-0.05, 0) is 27.2 Å². The highest BCUT2D eigenvalue weighted by molar-refractivity contribution is 7.12. The molecule has 0 unspecified atom stereocenters. The van der Waals surface area contributed by atoms with Gasteiger partial charge < -0.3 is 4.74 Å². The van der Waals surface area contributed by atoms with E-state index in [2.05, 4.69) is 27.7 Å². The van der Waals surface area contributed by atoms with Gasteiger partial charge in [-0.3, -0.25) is 0 Å². The van der Waals surface area contributed by atoms with Crippen molar-refractivity contribution in [3.8, 4) is 5.75 Å². The summed E-state index contributed by atoms with van der Waals surface area (Å²) in [5.74, 6) is 1.12. The van der Waals surface area contributed by atoms with E-state index >= 15 is 0 Å². The second-order valence-electron chi connectivity index (χ2n) is 3.37. The standard InChI is InChI=1S/C11H18OS/c1-5-6-7-12-11-8(2)9(3)13-10(11)4/h5-7H2,1-4H3. The van der Waals surface area contributed by atoms with Gasteiger partial charge in [0.15, 0.2) is 0 Å². The maximum atomic E-state index is 5.74. The van der Waals surface area contributed by atoms with E-state index in [1.54, 1.807) is 0 Å². The quantitative estimate of drug-likeness (QED) is 0.668. The summed E-state index contributed by atoms with van der Waals surface area (Å²) in [7, 11) is 0. The molecule has 0 amide bonds. The number of unbranched alkanes of at least 4 members (excludes halogenated alkanes) is 1. The van der Waals surface area contributed by atoms with E-state index in [1.165, 1.54) is 21.7 Å². The topological polar surface area (TPSA) is 9.23 Å². The molecule has 0 aliphatic rings. The number of aryl methyl sites for hydroxylation is 2. The van der Waals surface area contributed by atoms with Crippen LogP contribution in [0, 0.1) is 20.8 Å². The maximum Gasteiger partial charge on any atom is 0.136 e. The molecule has 1 nitrogen and oxygen atoms in total. The molecule has 0 radical (unpaired) electrons. The van der Waals surface area contributed by atoms with Crippen LogP contribution in [0.5, 0.6) is 5.75 Å². The van der Waals surface area contributed by atoms with Crippen molar-refractivity contribution in [2.75, 3.05) is 6.61 Å². The highest BCUT2D eigenvalue weighted by Crippen LogP contribution is 2.33. The summed E-state index contributed by atoms with van der Waals surface area (Å²) in [5, 5.41) is 0. The van der Waals surface area contributed by atoms with Gasteiger partial charge in [0.25, 0.3) is 0 Å². The number of hydrogen-bond donors (Lipinski definition) is 0. The monoisotopic (exact) mass is 198 g/mol. The van der Waals surface area contributed by atoms with Crippen LogP contribution >= 0.6 is 11.3 Å². The third-order valence-corrected chi connectivity index (χ3v) is 3.34. The summed E-state index contributed by atoms with van der Waals surface area (Å²) >= 11 is 1.83. The van der Waals surface area contributed by atoms with Gasteiger partial charge in [0, 0.05) is 15.3 Å². The predicted octanol–water partition coefficient (Wildman–Crippen LogP) is 3.85. The minimum absolute atomic E-state index is 0.856. The normalized spacial score (nSPS) is 10.5. The van der Waals surface area contributed by atoms with Crippen LogP contribution in [0.25, 0.3) is 0 Å². The number of rotatable bonds is 4. The van der Waals surface area contributed by atoms with Crippen LogP contribution < -0.4 is 4.74 Å². The molecule has 1 aromatic heterocycles. The van der Waals surface area contributed by atoms with Crippen LogP contribution in [0.1, 0.15) is 35.1 Å². The van der Waals surface area contributed by atoms with E-state index in [-0.39, 0.29) is 0 Å². The number of thiophene rings is 1. The molecule has 0 aromatic carbocycles. The zero-order valence-electron chi connectivity index (χ0n) is 8.94. The fourth-order valence-corrected chi connectivity index (χ4v) is 2.31. The highest BCUT2D eigenvalue weighted by atomic mass is 32.1. The molecule has 1 rings (SSSR count). The van der Waals surface area contributed by atoms with Crippen molar-refractivity contribution in [3.63, 3.8) is 0 Å². The molecule has 0 fully saturated rings. The smallest absolute Gasteiger partial charge is 0.136 e. The van der Waals surface area contributed by atoms with Gasteiger partial charge in [-0.25, -0.2) is 0 Å². The van der Waals surface area contributed by atoms with Gasteiger partial charge in [-0.1, -0.05) is 13.3 Å². The molecule has 1 aromatic rings. The Kier molecular flexibility index (Phi) is 3.79. The van der Waals surface area contributed by atoms with E-state index in [9.17, 15) is 0 Å². The Morgan fingerprint density at radius 3 is 2.31 bits per heavy atom. The third-order valence-electron chi connectivity index (χ3n) is 2.24. The fourth-order valence-electron chi connectivity index (χ4n) is 1.30. The number of hydrogen-bond acceptors (Lipinski definition) is 2. The summed E-state index contributed by atoms with van der Waals surface area (Å²) in [6, 6.07) is 0. The Hall–Kier alpha value is -0.500. The largest absolute Gasteiger partial charge is 0.492 e. The fraction of sp³-hybridized carbons (Fsp3) is 0.636. The van der Waals surface area contributed by atoms with Crippen LogP contribution in [-0.2, 0) is 0 Å². The lowest BCUT2D eigenvalue weighted by Gasteiger charge is -2.05. The van der Waals surface area contributed by atoms with E-state index in [0.29, 0.717) is 0 Å². The molecule has 0 saturated carbocycles. The SMILES string of the molecule is CCCCOc1c(C)sc(C)c1C. The van der Waals surface area contributed by atoms with Gasteiger partial charge >= 0.3 is 0 Å². The summed E-state index contributed by atoms with van der Waals surface area (Å²) in [6.45, 7) is 9.46. The van der Waals surface area contributed by atoms with E-state index in [1.807, 2.05) is 11.3 Å². The molecule has 13 heavy (non-hydrogen) atoms. The molecule has 0 bridgehead atoms. The zero-order valence-corrected chi connectivity index (χ0v) is 9.75. The molecule has 0 aliphatic carbocycles. The maximum absolute atomic E-state index is 5.74. The molecule has 1 heterocycles. The molecule has 0 spiro atoms. The lowest BCUT2D eigenvalue weighted by Crippen LogP contribution is -1.97.